The van der Waals surface area contributed by atoms with Gasteiger partial charge in [0.2, 0.25) is 5.91 Å². The van der Waals surface area contributed by atoms with Gasteiger partial charge in [-0.2, -0.15) is 0 Å². The molecule has 0 atom stereocenters. The van der Waals surface area contributed by atoms with Crippen LogP contribution in [0.1, 0.15) is 24.1 Å². The Labute approximate surface area is 143 Å². The Balaban J connectivity index is 2.46. The molecular weight excluding hydrogens is 304 g/mol. The summed E-state index contributed by atoms with van der Waals surface area (Å²) in [4.78, 5) is 16.5. The predicted octanol–water partition coefficient (Wildman–Crippen LogP) is 3.51. The second-order valence-corrected chi connectivity index (χ2v) is 6.25. The largest absolute Gasteiger partial charge is 0.347 e. The first-order valence-electron chi connectivity index (χ1n) is 7.58. The summed E-state index contributed by atoms with van der Waals surface area (Å²) in [5, 5.41) is 0. The first-order valence-corrected chi connectivity index (χ1v) is 7.98. The summed E-state index contributed by atoms with van der Waals surface area (Å²) in [6.07, 6.45) is 0. The first-order chi connectivity index (χ1) is 11.0. The molecule has 0 aliphatic carbocycles. The van der Waals surface area contributed by atoms with Crippen molar-refractivity contribution in [2.24, 2.45) is 0 Å². The normalized spacial score (nSPS) is 10.4. The van der Waals surface area contributed by atoms with Crippen LogP contribution >= 0.6 is 12.2 Å². The number of nitrogens with zero attached hydrogens (tertiary/aromatic N) is 2. The van der Waals surface area contributed by atoms with Gasteiger partial charge in [0.25, 0.3) is 0 Å². The van der Waals surface area contributed by atoms with E-state index in [1.54, 1.807) is 19.0 Å². The quantitative estimate of drug-likeness (QED) is 0.786. The van der Waals surface area contributed by atoms with Crippen LogP contribution < -0.4 is 0 Å². The Hall–Kier alpha value is -2.20. The standard InChI is InChI=1S/C19H22N2OS/c1-15(23)21(14-18(22)20(2)3)19(16-10-6-4-7-11-16)17-12-8-5-9-13-17/h4-13,19H,14H2,1-3H3. The molecule has 0 unspecified atom stereocenters. The molecule has 1 amide bonds. The summed E-state index contributed by atoms with van der Waals surface area (Å²) in [6, 6.07) is 20.2. The molecule has 0 saturated heterocycles. The fourth-order valence-electron chi connectivity index (χ4n) is 2.49. The van der Waals surface area contributed by atoms with Crippen LogP contribution in [0.15, 0.2) is 60.7 Å². The van der Waals surface area contributed by atoms with E-state index in [1.165, 1.54) is 0 Å². The molecule has 0 aliphatic heterocycles. The van der Waals surface area contributed by atoms with Crippen molar-refractivity contribution in [3.63, 3.8) is 0 Å². The number of likely N-dealkylation sites (N-methyl/N-ethyl adjacent to an activating group) is 1. The van der Waals surface area contributed by atoms with E-state index in [4.69, 9.17) is 12.2 Å². The number of thiocarbonyl (C=S) groups is 1. The van der Waals surface area contributed by atoms with E-state index in [2.05, 4.69) is 24.3 Å². The van der Waals surface area contributed by atoms with E-state index in [9.17, 15) is 4.79 Å². The molecule has 0 aliphatic rings. The number of amides is 1. The van der Waals surface area contributed by atoms with Crippen LogP contribution in [0, 0.1) is 0 Å². The predicted molar refractivity (Wildman–Crippen MR) is 98.4 cm³/mol. The van der Waals surface area contributed by atoms with Crippen LogP contribution in [-0.2, 0) is 4.79 Å². The molecule has 2 rings (SSSR count). The highest BCUT2D eigenvalue weighted by atomic mass is 32.1. The van der Waals surface area contributed by atoms with Crippen molar-refractivity contribution in [1.29, 1.82) is 0 Å². The molecule has 0 N–H and O–H groups in total. The molecule has 0 radical (unpaired) electrons. The molecule has 0 bridgehead atoms. The molecule has 2 aromatic rings. The monoisotopic (exact) mass is 326 g/mol. The van der Waals surface area contributed by atoms with Gasteiger partial charge in [0.05, 0.1) is 17.6 Å². The van der Waals surface area contributed by atoms with Gasteiger partial charge in [0.1, 0.15) is 0 Å². The number of rotatable bonds is 5. The van der Waals surface area contributed by atoms with E-state index >= 15 is 0 Å². The highest BCUT2D eigenvalue weighted by Gasteiger charge is 2.25. The van der Waals surface area contributed by atoms with Gasteiger partial charge in [-0.3, -0.25) is 4.79 Å². The van der Waals surface area contributed by atoms with Gasteiger partial charge in [-0.1, -0.05) is 72.9 Å². The second-order valence-electron chi connectivity index (χ2n) is 5.66. The highest BCUT2D eigenvalue weighted by molar-refractivity contribution is 7.80. The lowest BCUT2D eigenvalue weighted by Crippen LogP contribution is -2.41. The van der Waals surface area contributed by atoms with Gasteiger partial charge in [0.15, 0.2) is 0 Å². The van der Waals surface area contributed by atoms with E-state index < -0.39 is 0 Å². The Morgan fingerprint density at radius 1 is 0.957 bits per heavy atom. The zero-order valence-corrected chi connectivity index (χ0v) is 14.6. The Bertz CT molecular complexity index is 616. The molecular formula is C19H22N2OS. The number of hydrogen-bond acceptors (Lipinski definition) is 2. The molecule has 0 heterocycles. The van der Waals surface area contributed by atoms with Crippen molar-refractivity contribution in [2.75, 3.05) is 20.6 Å². The van der Waals surface area contributed by atoms with Crippen LogP contribution in [0.4, 0.5) is 0 Å². The summed E-state index contributed by atoms with van der Waals surface area (Å²) in [5.41, 5.74) is 2.24. The minimum atomic E-state index is -0.0706. The maximum Gasteiger partial charge on any atom is 0.241 e. The lowest BCUT2D eigenvalue weighted by Gasteiger charge is -2.34. The molecule has 120 valence electrons. The van der Waals surface area contributed by atoms with Crippen molar-refractivity contribution in [3.05, 3.63) is 71.8 Å². The lowest BCUT2D eigenvalue weighted by atomic mass is 9.97. The molecule has 0 aromatic heterocycles. The van der Waals surface area contributed by atoms with Gasteiger partial charge < -0.3 is 9.80 Å². The van der Waals surface area contributed by atoms with Crippen molar-refractivity contribution in [3.8, 4) is 0 Å². The third-order valence-corrected chi connectivity index (χ3v) is 3.99. The van der Waals surface area contributed by atoms with Crippen LogP contribution in [0.3, 0.4) is 0 Å². The number of carbonyl (C=O) groups is 1. The molecule has 3 nitrogen and oxygen atoms in total. The topological polar surface area (TPSA) is 23.6 Å². The average molecular weight is 326 g/mol. The maximum absolute atomic E-state index is 12.2. The minimum Gasteiger partial charge on any atom is -0.347 e. The third-order valence-electron chi connectivity index (χ3n) is 3.75. The average Bonchev–Trinajstić information content (AvgIpc) is 2.56. The van der Waals surface area contributed by atoms with Gasteiger partial charge in [0, 0.05) is 14.1 Å². The highest BCUT2D eigenvalue weighted by Crippen LogP contribution is 2.29. The zero-order valence-electron chi connectivity index (χ0n) is 13.8. The summed E-state index contributed by atoms with van der Waals surface area (Å²) < 4.78 is 0. The molecule has 2 aromatic carbocycles. The molecule has 23 heavy (non-hydrogen) atoms. The SMILES string of the molecule is CC(=S)N(CC(=O)N(C)C)C(c1ccccc1)c1ccccc1. The third kappa shape index (κ3) is 4.39. The van der Waals surface area contributed by atoms with Crippen LogP contribution in [0.25, 0.3) is 0 Å². The maximum atomic E-state index is 12.2. The zero-order chi connectivity index (χ0) is 16.8. The van der Waals surface area contributed by atoms with Gasteiger partial charge in [-0.25, -0.2) is 0 Å². The molecule has 0 fully saturated rings. The lowest BCUT2D eigenvalue weighted by molar-refractivity contribution is -0.129. The number of carbonyl (C=O) groups excluding carboxylic acids is 1. The molecule has 4 heteroatoms. The van der Waals surface area contributed by atoms with Crippen LogP contribution in [-0.4, -0.2) is 41.3 Å². The van der Waals surface area contributed by atoms with E-state index in [1.807, 2.05) is 48.2 Å². The first kappa shape index (κ1) is 17.2. The summed E-state index contributed by atoms with van der Waals surface area (Å²) in [6.45, 7) is 2.13. The van der Waals surface area contributed by atoms with Crippen molar-refractivity contribution < 1.29 is 4.79 Å². The Morgan fingerprint density at radius 2 is 1.39 bits per heavy atom. The van der Waals surface area contributed by atoms with E-state index in [0.29, 0.717) is 4.99 Å². The van der Waals surface area contributed by atoms with Gasteiger partial charge in [-0.05, 0) is 18.1 Å². The summed E-state index contributed by atoms with van der Waals surface area (Å²) in [5.74, 6) is 0.0334. The Kier molecular flexibility index (Phi) is 5.88. The smallest absolute Gasteiger partial charge is 0.241 e. The molecule has 0 saturated carbocycles. The summed E-state index contributed by atoms with van der Waals surface area (Å²) in [7, 11) is 3.53. The minimum absolute atomic E-state index is 0.0334. The van der Waals surface area contributed by atoms with E-state index in [-0.39, 0.29) is 18.5 Å². The van der Waals surface area contributed by atoms with Gasteiger partial charge in [-0.15, -0.1) is 0 Å². The van der Waals surface area contributed by atoms with Crippen molar-refractivity contribution in [2.45, 2.75) is 13.0 Å². The fourth-order valence-corrected chi connectivity index (χ4v) is 2.66. The number of benzene rings is 2. The number of hydrogen-bond donors (Lipinski definition) is 0. The van der Waals surface area contributed by atoms with E-state index in [0.717, 1.165) is 11.1 Å². The summed E-state index contributed by atoms with van der Waals surface area (Å²) >= 11 is 5.45. The second kappa shape index (κ2) is 7.88. The van der Waals surface area contributed by atoms with Crippen molar-refractivity contribution in [1.82, 2.24) is 9.80 Å². The van der Waals surface area contributed by atoms with Crippen LogP contribution in [0.5, 0.6) is 0 Å². The van der Waals surface area contributed by atoms with Crippen molar-refractivity contribution >= 4 is 23.1 Å². The van der Waals surface area contributed by atoms with Crippen LogP contribution in [0.2, 0.25) is 0 Å². The Morgan fingerprint density at radius 3 is 1.74 bits per heavy atom. The molecule has 0 spiro atoms. The van der Waals surface area contributed by atoms with Gasteiger partial charge >= 0.3 is 0 Å². The fraction of sp³-hybridized carbons (Fsp3) is 0.263.